The molecule has 0 fully saturated rings. The lowest BCUT2D eigenvalue weighted by Crippen LogP contribution is -2.12. The van der Waals surface area contributed by atoms with Crippen molar-refractivity contribution < 1.29 is 4.39 Å². The normalized spacial score (nSPS) is 10.8. The monoisotopic (exact) mass is 246 g/mol. The number of aromatic nitrogens is 1. The van der Waals surface area contributed by atoms with Gasteiger partial charge in [0.2, 0.25) is 0 Å². The highest BCUT2D eigenvalue weighted by molar-refractivity contribution is 5.16. The van der Waals surface area contributed by atoms with Crippen LogP contribution in [0.1, 0.15) is 24.5 Å². The highest BCUT2D eigenvalue weighted by Crippen LogP contribution is 2.05. The first-order valence-electron chi connectivity index (χ1n) is 6.37. The van der Waals surface area contributed by atoms with Gasteiger partial charge in [-0.05, 0) is 35.7 Å². The van der Waals surface area contributed by atoms with E-state index < -0.39 is 0 Å². The topological polar surface area (TPSA) is 17.0 Å². The van der Waals surface area contributed by atoms with Crippen LogP contribution in [-0.2, 0) is 19.6 Å². The summed E-state index contributed by atoms with van der Waals surface area (Å²) in [7, 11) is 0. The van der Waals surface area contributed by atoms with Gasteiger partial charge in [0.25, 0.3) is 0 Å². The predicted octanol–water partition coefficient (Wildman–Crippen LogP) is 3.33. The molecule has 0 aliphatic rings. The summed E-state index contributed by atoms with van der Waals surface area (Å²) in [5.74, 6) is -0.185. The molecule has 2 nitrogen and oxygen atoms in total. The van der Waals surface area contributed by atoms with E-state index in [9.17, 15) is 4.39 Å². The summed E-state index contributed by atoms with van der Waals surface area (Å²) in [6.45, 7) is 4.84. The van der Waals surface area contributed by atoms with Crippen LogP contribution in [0.15, 0.2) is 42.7 Å². The number of rotatable bonds is 6. The molecule has 0 bridgehead atoms. The number of nitrogens with zero attached hydrogens (tertiary/aromatic N) is 1. The molecule has 0 saturated carbocycles. The molecule has 0 radical (unpaired) electrons. The zero-order valence-corrected chi connectivity index (χ0v) is 10.7. The lowest BCUT2D eigenvalue weighted by Gasteiger charge is -2.03. The average molecular weight is 246 g/mol. The Morgan fingerprint density at radius 1 is 1.06 bits per heavy atom. The third kappa shape index (κ3) is 3.70. The molecule has 0 spiro atoms. The molecule has 0 atom stereocenters. The van der Waals surface area contributed by atoms with E-state index in [2.05, 4.69) is 35.3 Å². The van der Waals surface area contributed by atoms with Crippen molar-refractivity contribution in [3.05, 3.63) is 59.7 Å². The number of aryl methyl sites for hydroxylation is 1. The molecular weight excluding hydrogens is 227 g/mol. The Morgan fingerprint density at radius 3 is 2.50 bits per heavy atom. The molecule has 1 aromatic carbocycles. The van der Waals surface area contributed by atoms with E-state index in [1.165, 1.54) is 17.7 Å². The molecule has 96 valence electrons. The van der Waals surface area contributed by atoms with Crippen LogP contribution in [0.3, 0.4) is 0 Å². The highest BCUT2D eigenvalue weighted by atomic mass is 19.1. The first kappa shape index (κ1) is 12.8. The van der Waals surface area contributed by atoms with Crippen molar-refractivity contribution in [2.45, 2.75) is 33.0 Å². The van der Waals surface area contributed by atoms with Gasteiger partial charge < -0.3 is 9.88 Å². The number of benzene rings is 1. The van der Waals surface area contributed by atoms with Crippen molar-refractivity contribution in [2.75, 3.05) is 0 Å². The van der Waals surface area contributed by atoms with Gasteiger partial charge in [0.1, 0.15) is 5.82 Å². The summed E-state index contributed by atoms with van der Waals surface area (Å²) in [5.41, 5.74) is 2.38. The van der Waals surface area contributed by atoms with Gasteiger partial charge in [0, 0.05) is 32.0 Å². The smallest absolute Gasteiger partial charge is 0.123 e. The standard InChI is InChI=1S/C15H19FN2/c1-2-8-18-9-7-14(12-18)11-17-10-13-3-5-15(16)6-4-13/h3-7,9,12,17H,2,8,10-11H2,1H3. The summed E-state index contributed by atoms with van der Waals surface area (Å²) < 4.78 is 14.9. The SMILES string of the molecule is CCCn1ccc(CNCc2ccc(F)cc2)c1. The second-order valence-electron chi connectivity index (χ2n) is 4.49. The molecule has 2 aromatic rings. The Morgan fingerprint density at radius 2 is 1.78 bits per heavy atom. The maximum atomic E-state index is 12.7. The fourth-order valence-electron chi connectivity index (χ4n) is 1.95. The molecule has 0 saturated heterocycles. The van der Waals surface area contributed by atoms with Crippen molar-refractivity contribution in [2.24, 2.45) is 0 Å². The Balaban J connectivity index is 1.79. The third-order valence-electron chi connectivity index (χ3n) is 2.87. The van der Waals surface area contributed by atoms with Gasteiger partial charge >= 0.3 is 0 Å². The Bertz CT molecular complexity index is 473. The molecule has 2 rings (SSSR count). The van der Waals surface area contributed by atoms with Gasteiger partial charge in [-0.2, -0.15) is 0 Å². The fraction of sp³-hybridized carbons (Fsp3) is 0.333. The Hall–Kier alpha value is -1.61. The number of halogens is 1. The van der Waals surface area contributed by atoms with E-state index in [0.717, 1.165) is 31.6 Å². The maximum Gasteiger partial charge on any atom is 0.123 e. The van der Waals surface area contributed by atoms with Crippen LogP contribution in [0.5, 0.6) is 0 Å². The molecular formula is C15H19FN2. The van der Waals surface area contributed by atoms with Gasteiger partial charge in [0.15, 0.2) is 0 Å². The molecule has 1 heterocycles. The minimum Gasteiger partial charge on any atom is -0.354 e. The molecule has 0 unspecified atom stereocenters. The first-order chi connectivity index (χ1) is 8.78. The summed E-state index contributed by atoms with van der Waals surface area (Å²) in [5, 5.41) is 3.36. The Kier molecular flexibility index (Phi) is 4.53. The molecule has 0 amide bonds. The zero-order valence-electron chi connectivity index (χ0n) is 10.7. The first-order valence-corrected chi connectivity index (χ1v) is 6.37. The second kappa shape index (κ2) is 6.36. The molecule has 1 N–H and O–H groups in total. The molecule has 18 heavy (non-hydrogen) atoms. The lowest BCUT2D eigenvalue weighted by atomic mass is 10.2. The molecule has 1 aromatic heterocycles. The van der Waals surface area contributed by atoms with E-state index in [1.807, 2.05) is 12.1 Å². The average Bonchev–Trinajstić information content (AvgIpc) is 2.80. The van der Waals surface area contributed by atoms with E-state index in [0.29, 0.717) is 0 Å². The minimum atomic E-state index is -0.185. The Labute approximate surface area is 107 Å². The van der Waals surface area contributed by atoms with Gasteiger partial charge in [-0.1, -0.05) is 19.1 Å². The van der Waals surface area contributed by atoms with E-state index in [4.69, 9.17) is 0 Å². The van der Waals surface area contributed by atoms with Gasteiger partial charge in [-0.15, -0.1) is 0 Å². The van der Waals surface area contributed by atoms with Crippen LogP contribution in [0.2, 0.25) is 0 Å². The minimum absolute atomic E-state index is 0.185. The highest BCUT2D eigenvalue weighted by Gasteiger charge is 1.97. The zero-order chi connectivity index (χ0) is 12.8. The predicted molar refractivity (Wildman–Crippen MR) is 71.7 cm³/mol. The van der Waals surface area contributed by atoms with Crippen molar-refractivity contribution in [3.63, 3.8) is 0 Å². The quantitative estimate of drug-likeness (QED) is 0.827. The summed E-state index contributed by atoms with van der Waals surface area (Å²) in [6, 6.07) is 8.74. The number of nitrogens with one attached hydrogen (secondary N) is 1. The van der Waals surface area contributed by atoms with E-state index in [-0.39, 0.29) is 5.82 Å². The number of hydrogen-bond donors (Lipinski definition) is 1. The summed E-state index contributed by atoms with van der Waals surface area (Å²) in [6.07, 6.45) is 5.43. The van der Waals surface area contributed by atoms with Crippen molar-refractivity contribution >= 4 is 0 Å². The van der Waals surface area contributed by atoms with Gasteiger partial charge in [-0.3, -0.25) is 0 Å². The summed E-state index contributed by atoms with van der Waals surface area (Å²) >= 11 is 0. The van der Waals surface area contributed by atoms with Crippen LogP contribution in [0, 0.1) is 5.82 Å². The largest absolute Gasteiger partial charge is 0.354 e. The lowest BCUT2D eigenvalue weighted by molar-refractivity contribution is 0.624. The second-order valence-corrected chi connectivity index (χ2v) is 4.49. The maximum absolute atomic E-state index is 12.7. The van der Waals surface area contributed by atoms with Crippen molar-refractivity contribution in [1.29, 1.82) is 0 Å². The molecule has 0 aliphatic heterocycles. The molecule has 3 heteroatoms. The molecule has 0 aliphatic carbocycles. The van der Waals surface area contributed by atoms with Gasteiger partial charge in [-0.25, -0.2) is 4.39 Å². The van der Waals surface area contributed by atoms with Crippen LogP contribution in [0.4, 0.5) is 4.39 Å². The van der Waals surface area contributed by atoms with Crippen LogP contribution < -0.4 is 5.32 Å². The van der Waals surface area contributed by atoms with E-state index >= 15 is 0 Å². The van der Waals surface area contributed by atoms with Crippen LogP contribution in [0.25, 0.3) is 0 Å². The van der Waals surface area contributed by atoms with Crippen molar-refractivity contribution in [1.82, 2.24) is 9.88 Å². The third-order valence-corrected chi connectivity index (χ3v) is 2.87. The fourth-order valence-corrected chi connectivity index (χ4v) is 1.95. The van der Waals surface area contributed by atoms with Crippen molar-refractivity contribution in [3.8, 4) is 0 Å². The van der Waals surface area contributed by atoms with Crippen LogP contribution in [-0.4, -0.2) is 4.57 Å². The number of hydrogen-bond acceptors (Lipinski definition) is 1. The van der Waals surface area contributed by atoms with E-state index in [1.54, 1.807) is 0 Å². The summed E-state index contributed by atoms with van der Waals surface area (Å²) in [4.78, 5) is 0. The van der Waals surface area contributed by atoms with Gasteiger partial charge in [0.05, 0.1) is 0 Å². The van der Waals surface area contributed by atoms with Crippen LogP contribution >= 0.6 is 0 Å².